The molecule has 0 saturated heterocycles. The molecule has 0 aromatic heterocycles. The van der Waals surface area contributed by atoms with Crippen LogP contribution in [0.3, 0.4) is 0 Å². The molecule has 0 bridgehead atoms. The predicted octanol–water partition coefficient (Wildman–Crippen LogP) is 1.71. The van der Waals surface area contributed by atoms with Crippen LogP contribution in [0.4, 0.5) is 0 Å². The molecule has 23 heavy (non-hydrogen) atoms. The maximum absolute atomic E-state index is 11.8. The number of halogens is 3. The first kappa shape index (κ1) is 20.7. The van der Waals surface area contributed by atoms with Crippen LogP contribution in [0.5, 0.6) is 5.75 Å². The summed E-state index contributed by atoms with van der Waals surface area (Å²) in [7, 11) is 0. The first-order valence-corrected chi connectivity index (χ1v) is 9.52. The van der Waals surface area contributed by atoms with Gasteiger partial charge in [0.15, 0.2) is 6.61 Å². The fourth-order valence-electron chi connectivity index (χ4n) is 1.58. The van der Waals surface area contributed by atoms with Gasteiger partial charge in [-0.05, 0) is 86.3 Å². The van der Waals surface area contributed by atoms with Gasteiger partial charge < -0.3 is 20.9 Å². The molecule has 0 radical (unpaired) electrons. The van der Waals surface area contributed by atoms with Crippen LogP contribution in [-0.4, -0.2) is 35.5 Å². The van der Waals surface area contributed by atoms with E-state index < -0.39 is 23.8 Å². The topological polar surface area (TPSA) is 119 Å². The second kappa shape index (κ2) is 9.80. The number of primary amides is 1. The summed E-state index contributed by atoms with van der Waals surface area (Å²) < 4.78 is 8.24. The highest BCUT2D eigenvalue weighted by atomic mass is 127. The van der Waals surface area contributed by atoms with Crippen LogP contribution in [0.15, 0.2) is 12.1 Å². The third-order valence-corrected chi connectivity index (χ3v) is 4.85. The molecule has 1 rings (SSSR count). The van der Waals surface area contributed by atoms with Gasteiger partial charge in [0.2, 0.25) is 5.91 Å². The monoisotopic (exact) mass is 658 g/mol. The molecular weight excluding hydrogens is 645 g/mol. The molecule has 0 spiro atoms. The molecule has 0 aliphatic carbocycles. The number of nitrogens with two attached hydrogens (primary N) is 1. The summed E-state index contributed by atoms with van der Waals surface area (Å²) in [6, 6.07) is 2.64. The minimum atomic E-state index is -1.22. The zero-order chi connectivity index (χ0) is 17.6. The molecule has 1 unspecified atom stereocenters. The number of rotatable bonds is 8. The van der Waals surface area contributed by atoms with Crippen LogP contribution in [0.2, 0.25) is 0 Å². The Bertz CT molecular complexity index is 601. The summed E-state index contributed by atoms with van der Waals surface area (Å²) in [5.74, 6) is -1.85. The van der Waals surface area contributed by atoms with E-state index in [0.717, 1.165) is 10.7 Å². The summed E-state index contributed by atoms with van der Waals surface area (Å²) in [6.07, 6.45) is -0.181. The van der Waals surface area contributed by atoms with Gasteiger partial charge in [0.05, 0.1) is 7.14 Å². The maximum atomic E-state index is 11.8. The Labute approximate surface area is 173 Å². The SMILES string of the molecule is NC(=O)CCC(NC(=O)COc1c(I)cc(I)cc1I)C(=O)O. The van der Waals surface area contributed by atoms with Crippen molar-refractivity contribution in [3.8, 4) is 5.75 Å². The van der Waals surface area contributed by atoms with Gasteiger partial charge in [0.1, 0.15) is 11.8 Å². The van der Waals surface area contributed by atoms with Crippen LogP contribution in [-0.2, 0) is 14.4 Å². The van der Waals surface area contributed by atoms with Crippen molar-refractivity contribution < 1.29 is 24.2 Å². The molecule has 0 aliphatic heterocycles. The molecule has 0 heterocycles. The number of nitrogens with one attached hydrogen (secondary N) is 1. The van der Waals surface area contributed by atoms with E-state index in [1.807, 2.05) is 12.1 Å². The molecule has 1 aromatic rings. The van der Waals surface area contributed by atoms with E-state index in [0.29, 0.717) is 5.75 Å². The van der Waals surface area contributed by atoms with Crippen molar-refractivity contribution in [3.05, 3.63) is 22.8 Å². The molecule has 7 nitrogen and oxygen atoms in total. The highest BCUT2D eigenvalue weighted by Crippen LogP contribution is 2.29. The van der Waals surface area contributed by atoms with E-state index in [1.165, 1.54) is 0 Å². The first-order chi connectivity index (χ1) is 10.7. The highest BCUT2D eigenvalue weighted by molar-refractivity contribution is 14.1. The molecule has 10 heteroatoms. The van der Waals surface area contributed by atoms with E-state index in [9.17, 15) is 14.4 Å². The lowest BCUT2D eigenvalue weighted by Crippen LogP contribution is -2.43. The number of carbonyl (C=O) groups excluding carboxylic acids is 2. The molecule has 0 saturated carbocycles. The second-order valence-corrected chi connectivity index (χ2v) is 8.02. The second-order valence-electron chi connectivity index (χ2n) is 4.45. The number of aliphatic carboxylic acids is 1. The number of carboxylic acid groups (broad SMARTS) is 1. The standard InChI is InChI=1S/C13H13I3N2O5/c14-6-3-7(15)12(8(16)4-6)23-5-11(20)18-9(13(21)22)1-2-10(17)19/h3-4,9H,1-2,5H2,(H2,17,19)(H,18,20)(H,21,22). The summed E-state index contributed by atoms with van der Waals surface area (Å²) in [5.41, 5.74) is 4.98. The molecule has 126 valence electrons. The summed E-state index contributed by atoms with van der Waals surface area (Å²) >= 11 is 6.39. The van der Waals surface area contributed by atoms with E-state index in [-0.39, 0.29) is 19.4 Å². The Hall–Kier alpha value is -0.380. The van der Waals surface area contributed by atoms with Crippen molar-refractivity contribution in [2.75, 3.05) is 6.61 Å². The maximum Gasteiger partial charge on any atom is 0.326 e. The van der Waals surface area contributed by atoms with Crippen LogP contribution < -0.4 is 15.8 Å². The average Bonchev–Trinajstić information content (AvgIpc) is 2.41. The van der Waals surface area contributed by atoms with Gasteiger partial charge in [0, 0.05) is 9.99 Å². The van der Waals surface area contributed by atoms with Gasteiger partial charge in [-0.15, -0.1) is 0 Å². The van der Waals surface area contributed by atoms with E-state index in [2.05, 4.69) is 73.1 Å². The molecule has 0 fully saturated rings. The van der Waals surface area contributed by atoms with E-state index in [1.54, 1.807) is 0 Å². The Morgan fingerprint density at radius 2 is 1.78 bits per heavy atom. The number of carbonyl (C=O) groups is 3. The van der Waals surface area contributed by atoms with Gasteiger partial charge in [-0.3, -0.25) is 9.59 Å². The van der Waals surface area contributed by atoms with Crippen LogP contribution >= 0.6 is 67.8 Å². The van der Waals surface area contributed by atoms with Crippen LogP contribution in [0.1, 0.15) is 12.8 Å². The molecular formula is C13H13I3N2O5. The Morgan fingerprint density at radius 3 is 2.26 bits per heavy atom. The normalized spacial score (nSPS) is 11.6. The van der Waals surface area contributed by atoms with Crippen LogP contribution in [0, 0.1) is 10.7 Å². The number of amides is 2. The summed E-state index contributed by atoms with van der Waals surface area (Å²) in [6.45, 7) is -0.313. The van der Waals surface area contributed by atoms with Crippen molar-refractivity contribution in [1.82, 2.24) is 5.32 Å². The number of hydrogen-bond acceptors (Lipinski definition) is 4. The molecule has 1 aromatic carbocycles. The highest BCUT2D eigenvalue weighted by Gasteiger charge is 2.21. The van der Waals surface area contributed by atoms with Crippen molar-refractivity contribution in [2.45, 2.75) is 18.9 Å². The van der Waals surface area contributed by atoms with E-state index >= 15 is 0 Å². The van der Waals surface area contributed by atoms with Crippen molar-refractivity contribution in [3.63, 3.8) is 0 Å². The van der Waals surface area contributed by atoms with Crippen molar-refractivity contribution in [2.24, 2.45) is 5.73 Å². The Morgan fingerprint density at radius 1 is 1.22 bits per heavy atom. The lowest BCUT2D eigenvalue weighted by atomic mass is 10.1. The first-order valence-electron chi connectivity index (χ1n) is 6.28. The molecule has 2 amide bonds. The number of benzene rings is 1. The molecule has 1 atom stereocenters. The van der Waals surface area contributed by atoms with Gasteiger partial charge in [-0.1, -0.05) is 0 Å². The van der Waals surface area contributed by atoms with Gasteiger partial charge in [0.25, 0.3) is 5.91 Å². The van der Waals surface area contributed by atoms with Gasteiger partial charge in [-0.2, -0.15) is 0 Å². The number of hydrogen-bond donors (Lipinski definition) is 3. The quantitative estimate of drug-likeness (QED) is 0.368. The third kappa shape index (κ3) is 7.36. The zero-order valence-corrected chi connectivity index (χ0v) is 18.1. The average molecular weight is 658 g/mol. The lowest BCUT2D eigenvalue weighted by molar-refractivity contribution is -0.142. The summed E-state index contributed by atoms with van der Waals surface area (Å²) in [4.78, 5) is 33.6. The fourth-order valence-corrected chi connectivity index (χ4v) is 5.48. The van der Waals surface area contributed by atoms with Crippen molar-refractivity contribution in [1.29, 1.82) is 0 Å². The van der Waals surface area contributed by atoms with Crippen molar-refractivity contribution >= 4 is 85.6 Å². The fraction of sp³-hybridized carbons (Fsp3) is 0.308. The predicted molar refractivity (Wildman–Crippen MR) is 108 cm³/mol. The zero-order valence-electron chi connectivity index (χ0n) is 11.6. The minimum absolute atomic E-state index is 0.0605. The third-order valence-electron chi connectivity index (χ3n) is 2.62. The number of ether oxygens (including phenoxy) is 1. The molecule has 0 aliphatic rings. The minimum Gasteiger partial charge on any atom is -0.482 e. The number of carboxylic acids is 1. The van der Waals surface area contributed by atoms with Gasteiger partial charge >= 0.3 is 5.97 Å². The van der Waals surface area contributed by atoms with E-state index in [4.69, 9.17) is 15.6 Å². The molecule has 4 N–H and O–H groups in total. The Balaban J connectivity index is 2.62. The Kier molecular flexibility index (Phi) is 8.81. The smallest absolute Gasteiger partial charge is 0.326 e. The largest absolute Gasteiger partial charge is 0.482 e. The summed E-state index contributed by atoms with van der Waals surface area (Å²) in [5, 5.41) is 11.3. The van der Waals surface area contributed by atoms with Gasteiger partial charge in [-0.25, -0.2) is 4.79 Å². The van der Waals surface area contributed by atoms with Crippen LogP contribution in [0.25, 0.3) is 0 Å². The lowest BCUT2D eigenvalue weighted by Gasteiger charge is -2.15.